The summed E-state index contributed by atoms with van der Waals surface area (Å²) >= 11 is 17.9. The summed E-state index contributed by atoms with van der Waals surface area (Å²) in [6.07, 6.45) is 0. The summed E-state index contributed by atoms with van der Waals surface area (Å²) in [5.74, 6) is -0.0687. The first-order valence-electron chi connectivity index (χ1n) is 6.42. The summed E-state index contributed by atoms with van der Waals surface area (Å²) in [5.41, 5.74) is 1.09. The van der Waals surface area contributed by atoms with Gasteiger partial charge in [-0.25, -0.2) is 4.79 Å². The van der Waals surface area contributed by atoms with Gasteiger partial charge in [0.2, 0.25) is 0 Å². The van der Waals surface area contributed by atoms with Crippen LogP contribution in [0.1, 0.15) is 0 Å². The van der Waals surface area contributed by atoms with Crippen LogP contribution >= 0.6 is 34.8 Å². The third kappa shape index (κ3) is 2.95. The van der Waals surface area contributed by atoms with Crippen molar-refractivity contribution in [3.05, 3.63) is 62.0 Å². The number of oxazole rings is 1. The summed E-state index contributed by atoms with van der Waals surface area (Å²) < 4.78 is 12.2. The molecule has 0 aliphatic heterocycles. The lowest BCUT2D eigenvalue weighted by molar-refractivity contribution is 0.294. The maximum absolute atomic E-state index is 11.9. The number of hydrogen-bond donors (Lipinski definition) is 0. The molecule has 1 aromatic heterocycles. The first kappa shape index (κ1) is 15.3. The predicted molar refractivity (Wildman–Crippen MR) is 87.4 cm³/mol. The van der Waals surface area contributed by atoms with E-state index < -0.39 is 5.76 Å². The van der Waals surface area contributed by atoms with Gasteiger partial charge >= 0.3 is 5.76 Å². The lowest BCUT2D eigenvalue weighted by Crippen LogP contribution is -2.18. The van der Waals surface area contributed by atoms with E-state index >= 15 is 0 Å². The minimum Gasteiger partial charge on any atom is -0.489 e. The molecule has 0 atom stereocenters. The van der Waals surface area contributed by atoms with Crippen LogP contribution < -0.4 is 10.5 Å². The van der Waals surface area contributed by atoms with Crippen molar-refractivity contribution in [1.82, 2.24) is 4.57 Å². The van der Waals surface area contributed by atoms with Crippen LogP contribution in [0, 0.1) is 0 Å². The number of fused-ring (bicyclic) bond motifs is 1. The van der Waals surface area contributed by atoms with Crippen molar-refractivity contribution in [3.63, 3.8) is 0 Å². The maximum Gasteiger partial charge on any atom is 0.420 e. The molecule has 0 radical (unpaired) electrons. The second-order valence-electron chi connectivity index (χ2n) is 4.53. The molecule has 3 rings (SSSR count). The highest BCUT2D eigenvalue weighted by molar-refractivity contribution is 6.37. The Morgan fingerprint density at radius 2 is 1.82 bits per heavy atom. The van der Waals surface area contributed by atoms with Crippen molar-refractivity contribution < 1.29 is 9.15 Å². The van der Waals surface area contributed by atoms with Crippen molar-refractivity contribution >= 4 is 45.9 Å². The van der Waals surface area contributed by atoms with Crippen LogP contribution in [0.15, 0.2) is 45.6 Å². The van der Waals surface area contributed by atoms with Crippen LogP contribution in [0.25, 0.3) is 11.1 Å². The SMILES string of the molecule is O=c1oc2cc(Cl)ccc2n1CCOc1c(Cl)cccc1Cl. The van der Waals surface area contributed by atoms with Crippen LogP contribution in [0.4, 0.5) is 0 Å². The fourth-order valence-corrected chi connectivity index (χ4v) is 2.78. The summed E-state index contributed by atoms with van der Waals surface area (Å²) in [5, 5.41) is 1.35. The quantitative estimate of drug-likeness (QED) is 0.683. The molecular formula is C15H10Cl3NO3. The first-order valence-corrected chi connectivity index (χ1v) is 7.55. The number of ether oxygens (including phenoxy) is 1. The smallest absolute Gasteiger partial charge is 0.420 e. The Labute approximate surface area is 140 Å². The van der Waals surface area contributed by atoms with Gasteiger partial charge in [0.05, 0.1) is 22.1 Å². The zero-order chi connectivity index (χ0) is 15.7. The Morgan fingerprint density at radius 1 is 1.09 bits per heavy atom. The van der Waals surface area contributed by atoms with Crippen molar-refractivity contribution in [2.45, 2.75) is 6.54 Å². The van der Waals surface area contributed by atoms with Crippen LogP contribution in [0.3, 0.4) is 0 Å². The van der Waals surface area contributed by atoms with E-state index in [9.17, 15) is 4.79 Å². The Balaban J connectivity index is 1.80. The number of hydrogen-bond acceptors (Lipinski definition) is 3. The van der Waals surface area contributed by atoms with Crippen molar-refractivity contribution in [1.29, 1.82) is 0 Å². The molecule has 22 heavy (non-hydrogen) atoms. The van der Waals surface area contributed by atoms with Crippen LogP contribution in [0.5, 0.6) is 5.75 Å². The minimum absolute atomic E-state index is 0.223. The van der Waals surface area contributed by atoms with E-state index in [-0.39, 0.29) is 6.61 Å². The van der Waals surface area contributed by atoms with E-state index in [1.165, 1.54) is 4.57 Å². The first-order chi connectivity index (χ1) is 10.6. The molecule has 0 saturated heterocycles. The van der Waals surface area contributed by atoms with E-state index in [1.54, 1.807) is 36.4 Å². The third-order valence-corrected chi connectivity index (χ3v) is 3.94. The van der Waals surface area contributed by atoms with Gasteiger partial charge in [0.1, 0.15) is 6.61 Å². The Hall–Kier alpha value is -1.62. The molecule has 0 aliphatic rings. The van der Waals surface area contributed by atoms with Gasteiger partial charge in [0.25, 0.3) is 0 Å². The van der Waals surface area contributed by atoms with Crippen LogP contribution in [-0.2, 0) is 6.54 Å². The zero-order valence-corrected chi connectivity index (χ0v) is 13.5. The molecule has 2 aromatic carbocycles. The highest BCUT2D eigenvalue weighted by Crippen LogP contribution is 2.32. The van der Waals surface area contributed by atoms with Crippen LogP contribution in [0.2, 0.25) is 15.1 Å². The minimum atomic E-state index is -0.467. The average Bonchev–Trinajstić information content (AvgIpc) is 2.77. The Morgan fingerprint density at radius 3 is 2.55 bits per heavy atom. The zero-order valence-electron chi connectivity index (χ0n) is 11.2. The molecule has 114 valence electrons. The number of rotatable bonds is 4. The van der Waals surface area contributed by atoms with Gasteiger partial charge in [-0.2, -0.15) is 0 Å². The summed E-state index contributed by atoms with van der Waals surface area (Å²) in [4.78, 5) is 11.9. The number of nitrogens with zero attached hydrogens (tertiary/aromatic N) is 1. The van der Waals surface area contributed by atoms with Gasteiger partial charge < -0.3 is 9.15 Å². The van der Waals surface area contributed by atoms with Crippen molar-refractivity contribution in [2.75, 3.05) is 6.61 Å². The highest BCUT2D eigenvalue weighted by atomic mass is 35.5. The molecule has 0 N–H and O–H groups in total. The van der Waals surface area contributed by atoms with Crippen molar-refractivity contribution in [2.24, 2.45) is 0 Å². The Kier molecular flexibility index (Phi) is 4.34. The molecular weight excluding hydrogens is 349 g/mol. The maximum atomic E-state index is 11.9. The van der Waals surface area contributed by atoms with E-state index in [0.717, 1.165) is 0 Å². The molecule has 7 heteroatoms. The molecule has 0 amide bonds. The molecule has 1 heterocycles. The highest BCUT2D eigenvalue weighted by Gasteiger charge is 2.11. The Bertz CT molecular complexity index is 865. The van der Waals surface area contributed by atoms with Gasteiger partial charge in [-0.1, -0.05) is 40.9 Å². The van der Waals surface area contributed by atoms with Gasteiger partial charge in [-0.05, 0) is 24.3 Å². The summed E-state index contributed by atoms with van der Waals surface area (Å²) in [6, 6.07) is 10.1. The molecule has 0 aliphatic carbocycles. The normalized spacial score (nSPS) is 11.0. The van der Waals surface area contributed by atoms with Gasteiger partial charge in [0, 0.05) is 11.1 Å². The lowest BCUT2D eigenvalue weighted by atomic mass is 10.3. The number of aromatic nitrogens is 1. The molecule has 0 unspecified atom stereocenters. The molecule has 0 bridgehead atoms. The predicted octanol–water partition coefficient (Wildman–Crippen LogP) is 4.63. The summed E-state index contributed by atoms with van der Waals surface area (Å²) in [6.45, 7) is 0.523. The lowest BCUT2D eigenvalue weighted by Gasteiger charge is -2.09. The second-order valence-corrected chi connectivity index (χ2v) is 5.78. The van der Waals surface area contributed by atoms with Gasteiger partial charge in [-0.3, -0.25) is 4.57 Å². The fourth-order valence-electron chi connectivity index (χ4n) is 2.11. The molecule has 0 saturated carbocycles. The van der Waals surface area contributed by atoms with E-state index in [4.69, 9.17) is 44.0 Å². The van der Waals surface area contributed by atoms with Crippen molar-refractivity contribution in [3.8, 4) is 5.75 Å². The fraction of sp³-hybridized carbons (Fsp3) is 0.133. The standard InChI is InChI=1S/C15H10Cl3NO3/c16-9-4-5-12-13(8-9)22-15(20)19(12)6-7-21-14-10(17)2-1-3-11(14)18/h1-5,8H,6-7H2. The molecule has 0 fully saturated rings. The second kappa shape index (κ2) is 6.24. The molecule has 4 nitrogen and oxygen atoms in total. The topological polar surface area (TPSA) is 44.4 Å². The van der Waals surface area contributed by atoms with E-state index in [2.05, 4.69) is 0 Å². The number of halogens is 3. The molecule has 0 spiro atoms. The van der Waals surface area contributed by atoms with Gasteiger partial charge in [-0.15, -0.1) is 0 Å². The van der Waals surface area contributed by atoms with E-state index in [0.29, 0.717) is 38.5 Å². The summed E-state index contributed by atoms with van der Waals surface area (Å²) in [7, 11) is 0. The monoisotopic (exact) mass is 357 g/mol. The molecule has 3 aromatic rings. The van der Waals surface area contributed by atoms with E-state index in [1.807, 2.05) is 0 Å². The van der Waals surface area contributed by atoms with Gasteiger partial charge in [0.15, 0.2) is 11.3 Å². The van der Waals surface area contributed by atoms with Crippen LogP contribution in [-0.4, -0.2) is 11.2 Å². The largest absolute Gasteiger partial charge is 0.489 e. The number of para-hydroxylation sites is 1. The average molecular weight is 359 g/mol. The number of benzene rings is 2. The third-order valence-electron chi connectivity index (χ3n) is 3.11.